The Morgan fingerprint density at radius 3 is 1.05 bits per heavy atom. The minimum atomic E-state index is -4.62. The number of quaternary nitrogens is 1. The Labute approximate surface area is 523 Å². The molecule has 0 radical (unpaired) electrons. The summed E-state index contributed by atoms with van der Waals surface area (Å²) >= 11 is 0. The summed E-state index contributed by atoms with van der Waals surface area (Å²) in [6.45, 7) is 4.65. The molecule has 3 atom stereocenters. The largest absolute Gasteiger partial charge is 0.756 e. The molecule has 0 fully saturated rings. The Bertz CT molecular complexity index is 1600. The van der Waals surface area contributed by atoms with Crippen LogP contribution in [0.25, 0.3) is 0 Å². The van der Waals surface area contributed by atoms with Gasteiger partial charge < -0.3 is 28.8 Å². The minimum Gasteiger partial charge on any atom is -0.756 e. The second kappa shape index (κ2) is 65.4. The average Bonchev–Trinajstić information content (AvgIpc) is 3.56. The molecule has 0 heterocycles. The van der Waals surface area contributed by atoms with Crippen molar-refractivity contribution in [2.45, 2.75) is 360 Å². The number of phosphoric acid groups is 1. The normalized spacial score (nSPS) is 14.0. The Morgan fingerprint density at radius 1 is 0.417 bits per heavy atom. The monoisotopic (exact) mass is 1200 g/mol. The molecule has 0 aromatic rings. The summed E-state index contributed by atoms with van der Waals surface area (Å²) < 4.78 is 23.4. The lowest BCUT2D eigenvalue weighted by atomic mass is 10.0. The molecular formula is C75H141N2O6P. The van der Waals surface area contributed by atoms with E-state index in [4.69, 9.17) is 9.05 Å². The van der Waals surface area contributed by atoms with Crippen LogP contribution in [0.1, 0.15) is 348 Å². The van der Waals surface area contributed by atoms with Crippen molar-refractivity contribution in [3.63, 3.8) is 0 Å². The smallest absolute Gasteiger partial charge is 0.268 e. The number of aliphatic hydroxyl groups is 1. The van der Waals surface area contributed by atoms with Gasteiger partial charge >= 0.3 is 0 Å². The molecule has 0 bridgehead atoms. The van der Waals surface area contributed by atoms with Gasteiger partial charge in [0.15, 0.2) is 0 Å². The number of allylic oxidation sites excluding steroid dienone is 11. The van der Waals surface area contributed by atoms with Crippen LogP contribution in [0.2, 0.25) is 0 Å². The number of aliphatic hydroxyl groups excluding tert-OH is 1. The Hall–Kier alpha value is -2.06. The predicted octanol–water partition coefficient (Wildman–Crippen LogP) is 22.7. The first-order chi connectivity index (χ1) is 41.0. The molecule has 84 heavy (non-hydrogen) atoms. The Morgan fingerprint density at radius 2 is 0.702 bits per heavy atom. The van der Waals surface area contributed by atoms with Gasteiger partial charge in [-0.3, -0.25) is 9.36 Å². The van der Waals surface area contributed by atoms with E-state index in [9.17, 15) is 19.4 Å². The molecule has 0 spiro atoms. The SMILES string of the molecule is CCCCCCC/C=C\C/C=C\C/C=C\CCCCCCCCCCCCCCCCCCCCCCC(=O)NC(COP(=O)([O-])OCC[N+](C)(C)C)C(O)/C=C/CC/C=C/CC/C=C/CCCCCCCCCCCCCCCCCCC. The Kier molecular flexibility index (Phi) is 63.8. The number of carbonyl (C=O) groups excluding carboxylic acids is 1. The number of phosphoric ester groups is 1. The first-order valence-corrected chi connectivity index (χ1v) is 37.8. The maximum atomic E-state index is 13.0. The fourth-order valence-electron chi connectivity index (χ4n) is 10.7. The molecule has 0 aromatic heterocycles. The van der Waals surface area contributed by atoms with Crippen LogP contribution in [0.4, 0.5) is 0 Å². The van der Waals surface area contributed by atoms with Crippen molar-refractivity contribution in [3.8, 4) is 0 Å². The number of rotatable bonds is 67. The van der Waals surface area contributed by atoms with Crippen LogP contribution < -0.4 is 10.2 Å². The zero-order chi connectivity index (χ0) is 61.2. The number of carbonyl (C=O) groups is 1. The zero-order valence-corrected chi connectivity index (χ0v) is 57.3. The highest BCUT2D eigenvalue weighted by Crippen LogP contribution is 2.38. The van der Waals surface area contributed by atoms with Gasteiger partial charge in [-0.1, -0.05) is 331 Å². The van der Waals surface area contributed by atoms with E-state index in [2.05, 4.69) is 79.9 Å². The Balaban J connectivity index is 4.08. The number of hydrogen-bond acceptors (Lipinski definition) is 6. The predicted molar refractivity (Wildman–Crippen MR) is 367 cm³/mol. The van der Waals surface area contributed by atoms with E-state index in [0.29, 0.717) is 17.4 Å². The van der Waals surface area contributed by atoms with Gasteiger partial charge in [0, 0.05) is 6.42 Å². The molecule has 0 rings (SSSR count). The van der Waals surface area contributed by atoms with Gasteiger partial charge in [-0.2, -0.15) is 0 Å². The van der Waals surface area contributed by atoms with Crippen molar-refractivity contribution in [2.24, 2.45) is 0 Å². The van der Waals surface area contributed by atoms with Gasteiger partial charge in [0.05, 0.1) is 39.9 Å². The van der Waals surface area contributed by atoms with Crippen LogP contribution >= 0.6 is 7.82 Å². The molecule has 2 N–H and O–H groups in total. The maximum absolute atomic E-state index is 13.0. The van der Waals surface area contributed by atoms with E-state index in [-0.39, 0.29) is 12.5 Å². The number of nitrogens with zero attached hydrogens (tertiary/aromatic N) is 1. The van der Waals surface area contributed by atoms with Crippen LogP contribution in [-0.2, 0) is 18.4 Å². The quantitative estimate of drug-likeness (QED) is 0.0272. The summed E-state index contributed by atoms with van der Waals surface area (Å²) in [7, 11) is 1.24. The molecule has 492 valence electrons. The van der Waals surface area contributed by atoms with E-state index < -0.39 is 26.6 Å². The molecule has 0 aliphatic carbocycles. The second-order valence-electron chi connectivity index (χ2n) is 25.9. The molecule has 0 aliphatic rings. The van der Waals surface area contributed by atoms with E-state index in [0.717, 1.165) is 57.8 Å². The fourth-order valence-corrected chi connectivity index (χ4v) is 11.4. The number of unbranched alkanes of at least 4 members (excludes halogenated alkanes) is 44. The van der Waals surface area contributed by atoms with Gasteiger partial charge in [-0.25, -0.2) is 0 Å². The molecule has 0 aromatic carbocycles. The third kappa shape index (κ3) is 67.4. The molecule has 1 amide bonds. The summed E-state index contributed by atoms with van der Waals surface area (Å²) in [6, 6.07) is -0.913. The van der Waals surface area contributed by atoms with E-state index >= 15 is 0 Å². The lowest BCUT2D eigenvalue weighted by Gasteiger charge is -2.29. The topological polar surface area (TPSA) is 108 Å². The summed E-state index contributed by atoms with van der Waals surface area (Å²) in [5.74, 6) is -0.207. The number of amides is 1. The summed E-state index contributed by atoms with van der Waals surface area (Å²) in [6.07, 6.45) is 91.8. The van der Waals surface area contributed by atoms with Gasteiger partial charge in [-0.15, -0.1) is 0 Å². The average molecular weight is 1200 g/mol. The third-order valence-corrected chi connectivity index (χ3v) is 17.3. The van der Waals surface area contributed by atoms with E-state index in [1.54, 1.807) is 6.08 Å². The summed E-state index contributed by atoms with van der Waals surface area (Å²) in [4.78, 5) is 25.6. The molecule has 3 unspecified atom stereocenters. The molecule has 0 saturated heterocycles. The standard InChI is InChI=1S/C75H141N2O6P/c1-6-8-10-12-14-16-18-20-22-24-26-28-30-32-34-35-36-37-38-39-40-41-43-45-47-49-51-53-55-57-59-61-63-65-67-69-75(79)76-73(72-83-84(80,81)82-71-70-77(3,4)5)74(78)68-66-64-62-60-58-56-54-52-50-48-46-44-42-33-31-29-27-25-23-21-19-17-15-13-11-9-7-2/h18,20,24,26,30,32,50,52,58,60,66,68,73-74,78H,6-17,19,21-23,25,27-29,31,33-49,51,53-57,59,61-65,67,69-72H2,1-5H3,(H-,76,79,80,81)/b20-18-,26-24-,32-30-,52-50+,60-58+,68-66+. The fraction of sp³-hybridized carbons (Fsp3) is 0.827. The van der Waals surface area contributed by atoms with Crippen LogP contribution in [0.5, 0.6) is 0 Å². The maximum Gasteiger partial charge on any atom is 0.268 e. The number of likely N-dealkylation sites (N-methyl/N-ethyl adjacent to an activating group) is 1. The van der Waals surface area contributed by atoms with Gasteiger partial charge in [0.1, 0.15) is 13.2 Å². The highest BCUT2D eigenvalue weighted by molar-refractivity contribution is 7.45. The van der Waals surface area contributed by atoms with E-state index in [1.165, 1.54) is 270 Å². The minimum absolute atomic E-state index is 0.00958. The second-order valence-corrected chi connectivity index (χ2v) is 27.3. The summed E-state index contributed by atoms with van der Waals surface area (Å²) in [5, 5.41) is 13.9. The van der Waals surface area contributed by atoms with Crippen molar-refractivity contribution >= 4 is 13.7 Å². The lowest BCUT2D eigenvalue weighted by molar-refractivity contribution is -0.870. The highest BCUT2D eigenvalue weighted by atomic mass is 31.2. The number of nitrogens with one attached hydrogen (secondary N) is 1. The van der Waals surface area contributed by atoms with Crippen molar-refractivity contribution in [1.29, 1.82) is 0 Å². The van der Waals surface area contributed by atoms with Crippen LogP contribution in [-0.4, -0.2) is 68.5 Å². The zero-order valence-electron chi connectivity index (χ0n) is 56.4. The third-order valence-electron chi connectivity index (χ3n) is 16.4. The van der Waals surface area contributed by atoms with Gasteiger partial charge in [0.2, 0.25) is 5.91 Å². The van der Waals surface area contributed by atoms with Crippen molar-refractivity contribution < 1.29 is 32.9 Å². The van der Waals surface area contributed by atoms with Crippen LogP contribution in [0.3, 0.4) is 0 Å². The molecular weight excluding hydrogens is 1060 g/mol. The summed E-state index contributed by atoms with van der Waals surface area (Å²) in [5.41, 5.74) is 0. The lowest BCUT2D eigenvalue weighted by Crippen LogP contribution is -2.45. The first-order valence-electron chi connectivity index (χ1n) is 36.3. The van der Waals surface area contributed by atoms with Gasteiger partial charge in [-0.05, 0) is 83.5 Å². The van der Waals surface area contributed by atoms with Crippen LogP contribution in [0, 0.1) is 0 Å². The van der Waals surface area contributed by atoms with E-state index in [1.807, 2.05) is 27.2 Å². The first kappa shape index (κ1) is 81.9. The molecule has 0 saturated carbocycles. The van der Waals surface area contributed by atoms with Crippen LogP contribution in [0.15, 0.2) is 72.9 Å². The molecule has 0 aliphatic heterocycles. The van der Waals surface area contributed by atoms with Crippen molar-refractivity contribution in [3.05, 3.63) is 72.9 Å². The van der Waals surface area contributed by atoms with Crippen molar-refractivity contribution in [2.75, 3.05) is 40.9 Å². The van der Waals surface area contributed by atoms with Gasteiger partial charge in [0.25, 0.3) is 7.82 Å². The molecule has 9 heteroatoms. The number of hydrogen-bond donors (Lipinski definition) is 2. The molecule has 8 nitrogen and oxygen atoms in total. The van der Waals surface area contributed by atoms with Crippen molar-refractivity contribution in [1.82, 2.24) is 5.32 Å². The highest BCUT2D eigenvalue weighted by Gasteiger charge is 2.23.